The lowest BCUT2D eigenvalue weighted by Crippen LogP contribution is -2.38. The Morgan fingerprint density at radius 1 is 1.33 bits per heavy atom. The molecule has 1 unspecified atom stereocenters. The van der Waals surface area contributed by atoms with E-state index in [9.17, 15) is 13.2 Å². The van der Waals surface area contributed by atoms with Crippen LogP contribution in [0.25, 0.3) is 0 Å². The van der Waals surface area contributed by atoms with Crippen LogP contribution in [0.3, 0.4) is 0 Å². The first-order valence-electron chi connectivity index (χ1n) is 8.10. The molecule has 0 radical (unpaired) electrons. The van der Waals surface area contributed by atoms with Crippen molar-refractivity contribution in [3.63, 3.8) is 0 Å². The van der Waals surface area contributed by atoms with E-state index in [2.05, 4.69) is 14.9 Å². The van der Waals surface area contributed by atoms with Gasteiger partial charge in [0.05, 0.1) is 17.4 Å². The van der Waals surface area contributed by atoms with E-state index in [4.69, 9.17) is 5.11 Å². The molecule has 1 aromatic rings. The summed E-state index contributed by atoms with van der Waals surface area (Å²) in [6.45, 7) is 1.30. The van der Waals surface area contributed by atoms with E-state index in [0.717, 1.165) is 5.82 Å². The molecule has 3 rings (SSSR count). The zero-order valence-corrected chi connectivity index (χ0v) is 14.4. The molecule has 0 aliphatic carbocycles. The molecule has 3 heterocycles. The van der Waals surface area contributed by atoms with Gasteiger partial charge in [-0.2, -0.15) is 4.98 Å². The number of sulfone groups is 1. The van der Waals surface area contributed by atoms with E-state index in [1.165, 1.54) is 0 Å². The SMILES string of the molecule is CN(c1nccc(N2CCC(C(=O)O)CC2)n1)C1CCS(=O)(=O)C1. The Morgan fingerprint density at radius 2 is 2.04 bits per heavy atom. The first kappa shape index (κ1) is 16.9. The summed E-state index contributed by atoms with van der Waals surface area (Å²) in [5.74, 6) is 0.603. The highest BCUT2D eigenvalue weighted by atomic mass is 32.2. The molecule has 24 heavy (non-hydrogen) atoms. The quantitative estimate of drug-likeness (QED) is 0.829. The molecule has 0 spiro atoms. The molecule has 1 aromatic heterocycles. The lowest BCUT2D eigenvalue weighted by molar-refractivity contribution is -0.142. The van der Waals surface area contributed by atoms with Gasteiger partial charge in [-0.05, 0) is 25.3 Å². The van der Waals surface area contributed by atoms with Gasteiger partial charge in [-0.25, -0.2) is 13.4 Å². The maximum Gasteiger partial charge on any atom is 0.306 e. The molecular formula is C15H22N4O4S. The van der Waals surface area contributed by atoms with Gasteiger partial charge in [0.25, 0.3) is 0 Å². The topological polar surface area (TPSA) is 104 Å². The van der Waals surface area contributed by atoms with Gasteiger partial charge >= 0.3 is 5.97 Å². The third-order valence-corrected chi connectivity index (χ3v) is 6.62. The van der Waals surface area contributed by atoms with Gasteiger partial charge in [0.15, 0.2) is 9.84 Å². The molecule has 2 fully saturated rings. The number of carboxylic acids is 1. The lowest BCUT2D eigenvalue weighted by atomic mass is 9.97. The second kappa shape index (κ2) is 6.54. The molecule has 2 saturated heterocycles. The maximum absolute atomic E-state index is 11.7. The summed E-state index contributed by atoms with van der Waals surface area (Å²) in [6.07, 6.45) is 3.47. The average Bonchev–Trinajstić information content (AvgIpc) is 2.94. The third-order valence-electron chi connectivity index (χ3n) is 4.87. The van der Waals surface area contributed by atoms with Crippen molar-refractivity contribution >= 4 is 27.6 Å². The number of piperidine rings is 1. The molecule has 0 aromatic carbocycles. The number of carboxylic acid groups (broad SMARTS) is 1. The highest BCUT2D eigenvalue weighted by Gasteiger charge is 2.32. The van der Waals surface area contributed by atoms with E-state index in [-0.39, 0.29) is 23.5 Å². The number of rotatable bonds is 4. The first-order chi connectivity index (χ1) is 11.4. The monoisotopic (exact) mass is 354 g/mol. The fourth-order valence-electron chi connectivity index (χ4n) is 3.28. The van der Waals surface area contributed by atoms with Gasteiger partial charge in [-0.3, -0.25) is 4.79 Å². The van der Waals surface area contributed by atoms with Crippen LogP contribution in [0.5, 0.6) is 0 Å². The van der Waals surface area contributed by atoms with E-state index in [1.807, 2.05) is 18.0 Å². The second-order valence-corrected chi connectivity index (χ2v) is 8.71. The van der Waals surface area contributed by atoms with Gasteiger partial charge in [0, 0.05) is 32.4 Å². The van der Waals surface area contributed by atoms with Gasteiger partial charge in [-0.1, -0.05) is 0 Å². The van der Waals surface area contributed by atoms with Crippen LogP contribution in [0, 0.1) is 5.92 Å². The van der Waals surface area contributed by atoms with Crippen molar-refractivity contribution in [1.82, 2.24) is 9.97 Å². The summed E-state index contributed by atoms with van der Waals surface area (Å²) in [5.41, 5.74) is 0. The number of anilines is 2. The van der Waals surface area contributed by atoms with E-state index >= 15 is 0 Å². The zero-order chi connectivity index (χ0) is 17.3. The molecule has 1 N–H and O–H groups in total. The van der Waals surface area contributed by atoms with Crippen LogP contribution >= 0.6 is 0 Å². The number of hydrogen-bond acceptors (Lipinski definition) is 7. The van der Waals surface area contributed by atoms with Crippen LogP contribution in [-0.2, 0) is 14.6 Å². The van der Waals surface area contributed by atoms with Crippen LogP contribution in [0.1, 0.15) is 19.3 Å². The van der Waals surface area contributed by atoms with Gasteiger partial charge in [0.2, 0.25) is 5.95 Å². The third kappa shape index (κ3) is 3.61. The minimum Gasteiger partial charge on any atom is -0.481 e. The predicted octanol–water partition coefficient (Wildman–Crippen LogP) is 0.401. The highest BCUT2D eigenvalue weighted by molar-refractivity contribution is 7.91. The fourth-order valence-corrected chi connectivity index (χ4v) is 5.06. The van der Waals surface area contributed by atoms with E-state index in [1.54, 1.807) is 6.20 Å². The van der Waals surface area contributed by atoms with Crippen molar-refractivity contribution in [2.24, 2.45) is 5.92 Å². The molecular weight excluding hydrogens is 332 g/mol. The second-order valence-electron chi connectivity index (χ2n) is 6.48. The normalized spacial score (nSPS) is 24.0. The molecule has 8 nitrogen and oxygen atoms in total. The van der Waals surface area contributed by atoms with Crippen molar-refractivity contribution in [3.8, 4) is 0 Å². The van der Waals surface area contributed by atoms with Crippen LogP contribution in [-0.4, -0.2) is 67.1 Å². The molecule has 2 aliphatic rings. The summed E-state index contributed by atoms with van der Waals surface area (Å²) in [7, 11) is -1.14. The van der Waals surface area contributed by atoms with Crippen LogP contribution in [0.4, 0.5) is 11.8 Å². The van der Waals surface area contributed by atoms with Crippen molar-refractivity contribution in [3.05, 3.63) is 12.3 Å². The molecule has 132 valence electrons. The molecule has 0 bridgehead atoms. The predicted molar refractivity (Wildman–Crippen MR) is 90.1 cm³/mol. The number of carbonyl (C=O) groups is 1. The average molecular weight is 354 g/mol. The Balaban J connectivity index is 1.70. The zero-order valence-electron chi connectivity index (χ0n) is 13.6. The van der Waals surface area contributed by atoms with Crippen molar-refractivity contribution in [2.75, 3.05) is 41.4 Å². The minimum absolute atomic E-state index is 0.0944. The van der Waals surface area contributed by atoms with E-state index in [0.29, 0.717) is 38.3 Å². The van der Waals surface area contributed by atoms with Crippen LogP contribution < -0.4 is 9.80 Å². The molecule has 1 atom stereocenters. The Kier molecular flexibility index (Phi) is 4.62. The van der Waals surface area contributed by atoms with Crippen molar-refractivity contribution in [1.29, 1.82) is 0 Å². The summed E-state index contributed by atoms with van der Waals surface area (Å²) in [5, 5.41) is 9.08. The van der Waals surface area contributed by atoms with Crippen molar-refractivity contribution in [2.45, 2.75) is 25.3 Å². The maximum atomic E-state index is 11.7. The Hall–Kier alpha value is -1.90. The molecule has 2 aliphatic heterocycles. The van der Waals surface area contributed by atoms with Gasteiger partial charge in [0.1, 0.15) is 5.82 Å². The fraction of sp³-hybridized carbons (Fsp3) is 0.667. The van der Waals surface area contributed by atoms with Crippen molar-refractivity contribution < 1.29 is 18.3 Å². The summed E-state index contributed by atoms with van der Waals surface area (Å²) >= 11 is 0. The summed E-state index contributed by atoms with van der Waals surface area (Å²) < 4.78 is 23.3. The summed E-state index contributed by atoms with van der Waals surface area (Å²) in [6, 6.07) is 1.71. The number of aliphatic carboxylic acids is 1. The molecule has 0 amide bonds. The summed E-state index contributed by atoms with van der Waals surface area (Å²) in [4.78, 5) is 23.8. The lowest BCUT2D eigenvalue weighted by Gasteiger charge is -2.31. The molecule has 9 heteroatoms. The highest BCUT2D eigenvalue weighted by Crippen LogP contribution is 2.25. The number of aromatic nitrogens is 2. The van der Waals surface area contributed by atoms with Crippen LogP contribution in [0.2, 0.25) is 0 Å². The minimum atomic E-state index is -2.96. The Bertz CT molecular complexity index is 716. The van der Waals surface area contributed by atoms with Gasteiger partial charge in [-0.15, -0.1) is 0 Å². The Morgan fingerprint density at radius 3 is 2.62 bits per heavy atom. The van der Waals surface area contributed by atoms with E-state index < -0.39 is 15.8 Å². The number of nitrogens with zero attached hydrogens (tertiary/aromatic N) is 4. The van der Waals surface area contributed by atoms with Crippen LogP contribution in [0.15, 0.2) is 12.3 Å². The number of hydrogen-bond donors (Lipinski definition) is 1. The molecule has 0 saturated carbocycles. The smallest absolute Gasteiger partial charge is 0.306 e. The van der Waals surface area contributed by atoms with Gasteiger partial charge < -0.3 is 14.9 Å². The Labute approximate surface area is 141 Å². The standard InChI is InChI=1S/C15H22N4O4S/c1-18(12-5-9-24(22,23)10-12)15-16-6-2-13(17-15)19-7-3-11(4-8-19)14(20)21/h2,6,11-12H,3-5,7-10H2,1H3,(H,20,21). The first-order valence-corrected chi connectivity index (χ1v) is 9.92. The largest absolute Gasteiger partial charge is 0.481 e.